The fourth-order valence-electron chi connectivity index (χ4n) is 3.14. The van der Waals surface area contributed by atoms with Crippen LogP contribution < -0.4 is 15.8 Å². The molecule has 0 aliphatic carbocycles. The van der Waals surface area contributed by atoms with Crippen LogP contribution >= 0.6 is 23.1 Å². The maximum absolute atomic E-state index is 12.7. The van der Waals surface area contributed by atoms with Crippen LogP contribution in [-0.2, 0) is 16.1 Å². The van der Waals surface area contributed by atoms with Gasteiger partial charge < -0.3 is 20.5 Å². The second-order valence-electron chi connectivity index (χ2n) is 6.89. The number of allylic oxidation sites excluding steroid dienone is 1. The minimum Gasteiger partial charge on any atom is -0.497 e. The van der Waals surface area contributed by atoms with Gasteiger partial charge in [0.1, 0.15) is 10.8 Å². The molecule has 3 N–H and O–H groups in total. The van der Waals surface area contributed by atoms with Crippen molar-refractivity contribution in [2.24, 2.45) is 5.73 Å². The standard InChI is InChI=1S/C22H23N5O5S2/c1-5-9-27-19(13-7-6-8-14(10-13)31-3)25-26-22(27)33-11-15(28)24-20-16(21(30)32-4)12(2)17(34-20)18(23)29/h5-8,10H,1,9,11H2,2-4H3,(H2,23,29)(H,24,28). The fraction of sp³-hybridized carbons (Fsp3) is 0.227. The Morgan fingerprint density at radius 1 is 1.29 bits per heavy atom. The van der Waals surface area contributed by atoms with Crippen molar-refractivity contribution < 1.29 is 23.9 Å². The summed E-state index contributed by atoms with van der Waals surface area (Å²) < 4.78 is 11.9. The number of primary amides is 1. The lowest BCUT2D eigenvalue weighted by Gasteiger charge is -2.09. The summed E-state index contributed by atoms with van der Waals surface area (Å²) in [7, 11) is 2.80. The van der Waals surface area contributed by atoms with Gasteiger partial charge in [0, 0.05) is 12.1 Å². The Kier molecular flexibility index (Phi) is 8.08. The number of ether oxygens (including phenoxy) is 2. The number of carbonyl (C=O) groups is 3. The molecule has 0 aliphatic heterocycles. The largest absolute Gasteiger partial charge is 0.497 e. The highest BCUT2D eigenvalue weighted by Crippen LogP contribution is 2.34. The molecule has 0 atom stereocenters. The molecule has 0 aliphatic rings. The zero-order valence-corrected chi connectivity index (χ0v) is 20.4. The van der Waals surface area contributed by atoms with Crippen molar-refractivity contribution >= 4 is 45.9 Å². The number of nitrogens with zero attached hydrogens (tertiary/aromatic N) is 3. The molecule has 0 saturated heterocycles. The van der Waals surface area contributed by atoms with E-state index in [9.17, 15) is 14.4 Å². The van der Waals surface area contributed by atoms with Gasteiger partial charge in [-0.15, -0.1) is 28.1 Å². The first-order chi connectivity index (χ1) is 16.3. The number of amides is 2. The molecule has 2 aromatic heterocycles. The molecule has 1 aromatic carbocycles. The van der Waals surface area contributed by atoms with Crippen LogP contribution in [0.3, 0.4) is 0 Å². The van der Waals surface area contributed by atoms with Gasteiger partial charge >= 0.3 is 5.97 Å². The Hall–Kier alpha value is -3.64. The second-order valence-corrected chi connectivity index (χ2v) is 8.85. The lowest BCUT2D eigenvalue weighted by Crippen LogP contribution is -2.16. The lowest BCUT2D eigenvalue weighted by molar-refractivity contribution is -0.113. The summed E-state index contributed by atoms with van der Waals surface area (Å²) in [6.07, 6.45) is 1.71. The van der Waals surface area contributed by atoms with Crippen LogP contribution in [0.5, 0.6) is 5.75 Å². The van der Waals surface area contributed by atoms with Gasteiger partial charge in [0.05, 0.1) is 30.4 Å². The molecule has 0 saturated carbocycles. The molecular formula is C22H23N5O5S2. The van der Waals surface area contributed by atoms with Crippen LogP contribution in [0.25, 0.3) is 11.4 Å². The maximum Gasteiger partial charge on any atom is 0.341 e. The fourth-order valence-corrected chi connectivity index (χ4v) is 4.95. The number of thiophene rings is 1. The minimum atomic E-state index is -0.690. The van der Waals surface area contributed by atoms with Crippen LogP contribution in [0.1, 0.15) is 25.6 Å². The first-order valence-corrected chi connectivity index (χ1v) is 11.7. The van der Waals surface area contributed by atoms with Gasteiger partial charge in [-0.05, 0) is 24.6 Å². The van der Waals surface area contributed by atoms with Crippen LogP contribution in [0.15, 0.2) is 42.1 Å². The average molecular weight is 502 g/mol. The van der Waals surface area contributed by atoms with E-state index in [1.54, 1.807) is 20.1 Å². The number of methoxy groups -OCH3 is 2. The Balaban J connectivity index is 1.80. The van der Waals surface area contributed by atoms with E-state index in [4.69, 9.17) is 15.2 Å². The van der Waals surface area contributed by atoms with Crippen molar-refractivity contribution in [1.29, 1.82) is 0 Å². The predicted octanol–water partition coefficient (Wildman–Crippen LogP) is 3.13. The number of carbonyl (C=O) groups excluding carboxylic acids is 3. The molecule has 34 heavy (non-hydrogen) atoms. The van der Waals surface area contributed by atoms with Crippen LogP contribution in [0.4, 0.5) is 5.00 Å². The Labute approximate surface area is 204 Å². The first-order valence-electron chi connectivity index (χ1n) is 9.93. The number of thioether (sulfide) groups is 1. The zero-order valence-electron chi connectivity index (χ0n) is 18.8. The van der Waals surface area contributed by atoms with Gasteiger partial charge in [0.25, 0.3) is 5.91 Å². The molecule has 0 fully saturated rings. The first kappa shape index (κ1) is 25.0. The molecule has 2 heterocycles. The second kappa shape index (κ2) is 11.0. The van der Waals surface area contributed by atoms with Crippen molar-refractivity contribution in [2.75, 3.05) is 25.3 Å². The number of nitrogens with two attached hydrogens (primary N) is 1. The molecular weight excluding hydrogens is 478 g/mol. The summed E-state index contributed by atoms with van der Waals surface area (Å²) in [5, 5.41) is 11.9. The smallest absolute Gasteiger partial charge is 0.341 e. The van der Waals surface area contributed by atoms with E-state index >= 15 is 0 Å². The topological polar surface area (TPSA) is 138 Å². The summed E-state index contributed by atoms with van der Waals surface area (Å²) in [5.41, 5.74) is 6.66. The minimum absolute atomic E-state index is 0.0170. The number of hydrogen-bond acceptors (Lipinski definition) is 9. The molecule has 12 heteroatoms. The van der Waals surface area contributed by atoms with Gasteiger partial charge in [0.15, 0.2) is 11.0 Å². The monoisotopic (exact) mass is 501 g/mol. The van der Waals surface area contributed by atoms with Gasteiger partial charge in [-0.3, -0.25) is 14.2 Å². The molecule has 0 unspecified atom stereocenters. The van der Waals surface area contributed by atoms with Crippen LogP contribution in [0, 0.1) is 6.92 Å². The van der Waals surface area contributed by atoms with Crippen LogP contribution in [-0.4, -0.2) is 52.5 Å². The van der Waals surface area contributed by atoms with Gasteiger partial charge in [-0.2, -0.15) is 0 Å². The quantitative estimate of drug-likeness (QED) is 0.245. The number of esters is 1. The lowest BCUT2D eigenvalue weighted by atomic mass is 10.1. The van der Waals surface area contributed by atoms with Crippen LogP contribution in [0.2, 0.25) is 0 Å². The van der Waals surface area contributed by atoms with Crippen molar-refractivity contribution in [3.63, 3.8) is 0 Å². The molecule has 10 nitrogen and oxygen atoms in total. The number of aromatic nitrogens is 3. The van der Waals surface area contributed by atoms with Gasteiger partial charge in [0.2, 0.25) is 5.91 Å². The van der Waals surface area contributed by atoms with Crippen molar-refractivity contribution in [2.45, 2.75) is 18.6 Å². The summed E-state index contributed by atoms with van der Waals surface area (Å²) in [4.78, 5) is 36.7. The summed E-state index contributed by atoms with van der Waals surface area (Å²) in [6.45, 7) is 5.79. The number of nitrogens with one attached hydrogen (secondary N) is 1. The van der Waals surface area contributed by atoms with Gasteiger partial charge in [-0.25, -0.2) is 4.79 Å². The van der Waals surface area contributed by atoms with Crippen molar-refractivity contribution in [3.05, 3.63) is 52.9 Å². The van der Waals surface area contributed by atoms with E-state index in [-0.39, 0.29) is 21.2 Å². The third-order valence-corrected chi connectivity index (χ3v) is 6.89. The van der Waals surface area contributed by atoms with E-state index in [0.29, 0.717) is 28.8 Å². The van der Waals surface area contributed by atoms with E-state index < -0.39 is 17.8 Å². The van der Waals surface area contributed by atoms with Crippen molar-refractivity contribution in [3.8, 4) is 17.1 Å². The maximum atomic E-state index is 12.7. The van der Waals surface area contributed by atoms with E-state index in [1.165, 1.54) is 18.9 Å². The third kappa shape index (κ3) is 5.29. The molecule has 178 valence electrons. The summed E-state index contributed by atoms with van der Waals surface area (Å²) in [6, 6.07) is 7.41. The molecule has 2 amide bonds. The Morgan fingerprint density at radius 3 is 2.71 bits per heavy atom. The number of benzene rings is 1. The zero-order chi connectivity index (χ0) is 24.8. The number of anilines is 1. The molecule has 3 rings (SSSR count). The molecule has 3 aromatic rings. The van der Waals surface area contributed by atoms with E-state index in [1.807, 2.05) is 28.8 Å². The highest BCUT2D eigenvalue weighted by molar-refractivity contribution is 7.99. The number of rotatable bonds is 10. The van der Waals surface area contributed by atoms with E-state index in [0.717, 1.165) is 16.9 Å². The summed E-state index contributed by atoms with van der Waals surface area (Å²) >= 11 is 2.10. The SMILES string of the molecule is C=CCn1c(SCC(=O)Nc2sc(C(N)=O)c(C)c2C(=O)OC)nnc1-c1cccc(OC)c1. The van der Waals surface area contributed by atoms with E-state index in [2.05, 4.69) is 22.1 Å². The van der Waals surface area contributed by atoms with Gasteiger partial charge in [-0.1, -0.05) is 30.0 Å². The Morgan fingerprint density at radius 2 is 2.06 bits per heavy atom. The normalized spacial score (nSPS) is 10.6. The number of hydrogen-bond donors (Lipinski definition) is 2. The molecule has 0 spiro atoms. The highest BCUT2D eigenvalue weighted by atomic mass is 32.2. The molecule has 0 radical (unpaired) electrons. The van der Waals surface area contributed by atoms with Crippen molar-refractivity contribution in [1.82, 2.24) is 14.8 Å². The Bertz CT molecular complexity index is 1250. The summed E-state index contributed by atoms with van der Waals surface area (Å²) in [5.74, 6) is -0.486. The molecule has 0 bridgehead atoms. The average Bonchev–Trinajstić information content (AvgIpc) is 3.38. The third-order valence-electron chi connectivity index (χ3n) is 4.70. The highest BCUT2D eigenvalue weighted by Gasteiger charge is 2.25. The predicted molar refractivity (Wildman–Crippen MR) is 130 cm³/mol.